The van der Waals surface area contributed by atoms with Gasteiger partial charge in [-0.15, -0.1) is 0 Å². The number of benzene rings is 2. The highest BCUT2D eigenvalue weighted by Crippen LogP contribution is 2.29. The number of oxime groups is 1. The smallest absolute Gasteiger partial charge is 0.437 e. The summed E-state index contributed by atoms with van der Waals surface area (Å²) in [5, 5.41) is 3.09. The second kappa shape index (κ2) is 16.6. The zero-order chi connectivity index (χ0) is 27.8. The molecule has 0 aliphatic rings. The lowest BCUT2D eigenvalue weighted by Gasteiger charge is -2.14. The van der Waals surface area contributed by atoms with E-state index in [2.05, 4.69) is 9.99 Å². The maximum absolute atomic E-state index is 13.0. The van der Waals surface area contributed by atoms with Crippen LogP contribution in [-0.2, 0) is 4.84 Å². The van der Waals surface area contributed by atoms with Crippen LogP contribution >= 0.6 is 0 Å². The Kier molecular flexibility index (Phi) is 13.6. The van der Waals surface area contributed by atoms with Gasteiger partial charge in [0.1, 0.15) is 31.0 Å². The van der Waals surface area contributed by atoms with Crippen molar-refractivity contribution in [2.24, 2.45) is 5.16 Å². The maximum Gasteiger partial charge on any atom is 0.437 e. The van der Waals surface area contributed by atoms with Crippen LogP contribution in [0.2, 0.25) is 0 Å². The first kappa shape index (κ1) is 31.1. The average Bonchev–Trinajstić information content (AvgIpc) is 2.87. The topological polar surface area (TPSA) is 49.3 Å². The first-order chi connectivity index (χ1) is 18.3. The number of unbranched alkanes of at least 4 members (excludes halogenated alkanes) is 6. The largest absolute Gasteiger partial charge is 0.494 e. The molecule has 0 saturated carbocycles. The maximum atomic E-state index is 13.0. The Balaban J connectivity index is 1.55. The standard InChI is InChI=1S/C30H40F3NO4/c1-5-6-18-37-27-21-23(2)28(24(3)22-27)38-20-13-11-9-7-8-10-12-19-36-26-16-14-25(15-17-26)29(34-35-4)30(31,32)33/h5-6,14-17,21-22H,7-13,18-20H2,1-4H3/b6-5+,34-29-. The van der Waals surface area contributed by atoms with Gasteiger partial charge in [-0.3, -0.25) is 0 Å². The lowest BCUT2D eigenvalue weighted by Crippen LogP contribution is -2.24. The highest BCUT2D eigenvalue weighted by Gasteiger charge is 2.37. The van der Waals surface area contributed by atoms with Crippen molar-refractivity contribution in [3.05, 3.63) is 65.2 Å². The first-order valence-corrected chi connectivity index (χ1v) is 13.2. The number of nitrogens with zero attached hydrogens (tertiary/aromatic N) is 1. The molecule has 0 amide bonds. The molecule has 0 atom stereocenters. The minimum Gasteiger partial charge on any atom is -0.494 e. The predicted octanol–water partition coefficient (Wildman–Crippen LogP) is 8.36. The Hall–Kier alpha value is -3.16. The molecular weight excluding hydrogens is 495 g/mol. The third-order valence-electron chi connectivity index (χ3n) is 5.90. The Labute approximate surface area is 224 Å². The van der Waals surface area contributed by atoms with Crippen LogP contribution in [0.1, 0.15) is 68.6 Å². The van der Waals surface area contributed by atoms with Gasteiger partial charge in [0.15, 0.2) is 5.71 Å². The lowest BCUT2D eigenvalue weighted by atomic mass is 10.1. The summed E-state index contributed by atoms with van der Waals surface area (Å²) < 4.78 is 56.5. The molecule has 210 valence electrons. The van der Waals surface area contributed by atoms with Crippen molar-refractivity contribution in [1.29, 1.82) is 0 Å². The van der Waals surface area contributed by atoms with Gasteiger partial charge in [0.05, 0.1) is 13.2 Å². The van der Waals surface area contributed by atoms with Crippen molar-refractivity contribution in [2.45, 2.75) is 71.9 Å². The van der Waals surface area contributed by atoms with Gasteiger partial charge in [0, 0.05) is 5.56 Å². The van der Waals surface area contributed by atoms with E-state index in [-0.39, 0.29) is 5.56 Å². The third-order valence-corrected chi connectivity index (χ3v) is 5.90. The van der Waals surface area contributed by atoms with E-state index in [1.54, 1.807) is 0 Å². The molecule has 0 spiro atoms. The number of ether oxygens (including phenoxy) is 3. The van der Waals surface area contributed by atoms with Crippen LogP contribution in [0.15, 0.2) is 53.7 Å². The fraction of sp³-hybridized carbons (Fsp3) is 0.500. The van der Waals surface area contributed by atoms with Gasteiger partial charge < -0.3 is 19.0 Å². The molecule has 0 aliphatic carbocycles. The SMILES string of the molecule is C/C=C/COc1cc(C)c(OCCCCCCCCCOc2ccc(/C(=N/OC)C(F)(F)F)cc2)c(C)c1. The Morgan fingerprint density at radius 3 is 1.87 bits per heavy atom. The molecule has 0 heterocycles. The number of alkyl halides is 3. The zero-order valence-corrected chi connectivity index (χ0v) is 22.9. The van der Waals surface area contributed by atoms with E-state index < -0.39 is 11.9 Å². The van der Waals surface area contributed by atoms with E-state index >= 15 is 0 Å². The molecule has 5 nitrogen and oxygen atoms in total. The van der Waals surface area contributed by atoms with E-state index in [0.29, 0.717) is 25.6 Å². The average molecular weight is 536 g/mol. The lowest BCUT2D eigenvalue weighted by molar-refractivity contribution is -0.0608. The van der Waals surface area contributed by atoms with Gasteiger partial charge in [-0.05, 0) is 81.1 Å². The number of halogens is 3. The third kappa shape index (κ3) is 11.1. The number of aryl methyl sites for hydroxylation is 2. The zero-order valence-electron chi connectivity index (χ0n) is 22.9. The fourth-order valence-electron chi connectivity index (χ4n) is 3.98. The van der Waals surface area contributed by atoms with Crippen LogP contribution in [0.25, 0.3) is 0 Å². The number of hydrogen-bond acceptors (Lipinski definition) is 5. The molecule has 0 fully saturated rings. The van der Waals surface area contributed by atoms with Crippen molar-refractivity contribution in [2.75, 3.05) is 26.9 Å². The molecule has 0 bridgehead atoms. The number of allylic oxidation sites excluding steroid dienone is 1. The molecule has 0 saturated heterocycles. The molecular formula is C30H40F3NO4. The Bertz CT molecular complexity index is 994. The summed E-state index contributed by atoms with van der Waals surface area (Å²) in [6, 6.07) is 9.75. The molecule has 0 unspecified atom stereocenters. The molecule has 0 aromatic heterocycles. The van der Waals surface area contributed by atoms with Gasteiger partial charge in [0.2, 0.25) is 0 Å². The van der Waals surface area contributed by atoms with Crippen molar-refractivity contribution >= 4 is 5.71 Å². The van der Waals surface area contributed by atoms with Crippen LogP contribution in [0.5, 0.6) is 17.2 Å². The minimum absolute atomic E-state index is 0.0643. The van der Waals surface area contributed by atoms with Gasteiger partial charge in [-0.1, -0.05) is 49.4 Å². The van der Waals surface area contributed by atoms with E-state index in [1.165, 1.54) is 24.3 Å². The van der Waals surface area contributed by atoms with Gasteiger partial charge in [0.25, 0.3) is 0 Å². The van der Waals surface area contributed by atoms with E-state index in [0.717, 1.165) is 74.7 Å². The summed E-state index contributed by atoms with van der Waals surface area (Å²) in [5.41, 5.74) is 1.04. The summed E-state index contributed by atoms with van der Waals surface area (Å²) in [4.78, 5) is 4.32. The normalized spacial score (nSPS) is 12.1. The van der Waals surface area contributed by atoms with Crippen LogP contribution in [0.4, 0.5) is 13.2 Å². The van der Waals surface area contributed by atoms with E-state index in [9.17, 15) is 13.2 Å². The van der Waals surface area contributed by atoms with Crippen molar-refractivity contribution in [3.63, 3.8) is 0 Å². The quantitative estimate of drug-likeness (QED) is 0.0884. The molecule has 0 aliphatic heterocycles. The summed E-state index contributed by atoms with van der Waals surface area (Å²) >= 11 is 0. The summed E-state index contributed by atoms with van der Waals surface area (Å²) in [6.07, 6.45) is 6.89. The molecule has 2 aromatic carbocycles. The molecule has 2 aromatic rings. The van der Waals surface area contributed by atoms with Crippen molar-refractivity contribution in [3.8, 4) is 17.2 Å². The molecule has 0 N–H and O–H groups in total. The summed E-state index contributed by atoms with van der Waals surface area (Å²) in [7, 11) is 1.09. The van der Waals surface area contributed by atoms with Crippen LogP contribution in [0.3, 0.4) is 0 Å². The molecule has 8 heteroatoms. The Morgan fingerprint density at radius 2 is 1.34 bits per heavy atom. The van der Waals surface area contributed by atoms with E-state index in [4.69, 9.17) is 14.2 Å². The number of hydrogen-bond donors (Lipinski definition) is 0. The van der Waals surface area contributed by atoms with Gasteiger partial charge >= 0.3 is 6.18 Å². The van der Waals surface area contributed by atoms with Crippen molar-refractivity contribution < 1.29 is 32.2 Å². The monoisotopic (exact) mass is 535 g/mol. The van der Waals surface area contributed by atoms with Crippen molar-refractivity contribution in [1.82, 2.24) is 0 Å². The van der Waals surface area contributed by atoms with Crippen LogP contribution in [0, 0.1) is 13.8 Å². The minimum atomic E-state index is -4.59. The van der Waals surface area contributed by atoms with Gasteiger partial charge in [-0.2, -0.15) is 13.2 Å². The van der Waals surface area contributed by atoms with Crippen LogP contribution in [-0.4, -0.2) is 38.8 Å². The first-order valence-electron chi connectivity index (χ1n) is 13.2. The predicted molar refractivity (Wildman–Crippen MR) is 146 cm³/mol. The van der Waals surface area contributed by atoms with Gasteiger partial charge in [-0.25, -0.2) is 0 Å². The Morgan fingerprint density at radius 1 is 0.789 bits per heavy atom. The molecule has 2 rings (SSSR count). The van der Waals surface area contributed by atoms with Crippen LogP contribution < -0.4 is 14.2 Å². The summed E-state index contributed by atoms with van der Waals surface area (Å²) in [6.45, 7) is 7.87. The van der Waals surface area contributed by atoms with E-state index in [1.807, 2.05) is 45.1 Å². The number of rotatable bonds is 17. The second-order valence-electron chi connectivity index (χ2n) is 9.08. The fourth-order valence-corrected chi connectivity index (χ4v) is 3.98. The highest BCUT2D eigenvalue weighted by atomic mass is 19.4. The summed E-state index contributed by atoms with van der Waals surface area (Å²) in [5.74, 6) is 2.34. The molecule has 0 radical (unpaired) electrons. The highest BCUT2D eigenvalue weighted by molar-refractivity contribution is 6.04. The molecule has 38 heavy (non-hydrogen) atoms. The second-order valence-corrected chi connectivity index (χ2v) is 9.08.